The van der Waals surface area contributed by atoms with Gasteiger partial charge in [0.25, 0.3) is 5.91 Å². The zero-order valence-electron chi connectivity index (χ0n) is 19.3. The Hall–Kier alpha value is -2.57. The molecule has 170 valence electrons. The van der Waals surface area contributed by atoms with Gasteiger partial charge in [0.2, 0.25) is 0 Å². The Bertz CT molecular complexity index is 834. The average Bonchev–Trinajstić information content (AvgIpc) is 2.92. The SMILES string of the molecule is CC(C)NC(=O)NCc1ccc(C(=O)OCC(=O)N2C[C@@]3(C)C[C@@H]2CC(C)(C)C3)cc1. The maximum absolute atomic E-state index is 12.8. The largest absolute Gasteiger partial charge is 0.452 e. The van der Waals surface area contributed by atoms with Gasteiger partial charge in [-0.05, 0) is 61.6 Å². The first-order valence-electron chi connectivity index (χ1n) is 11.1. The van der Waals surface area contributed by atoms with Crippen molar-refractivity contribution in [1.29, 1.82) is 0 Å². The van der Waals surface area contributed by atoms with Gasteiger partial charge in [-0.2, -0.15) is 0 Å². The normalized spacial score (nSPS) is 24.1. The number of carbonyl (C=O) groups is 3. The summed E-state index contributed by atoms with van der Waals surface area (Å²) in [5, 5.41) is 5.51. The lowest BCUT2D eigenvalue weighted by molar-refractivity contribution is -0.135. The van der Waals surface area contributed by atoms with Crippen molar-refractivity contribution in [2.45, 2.75) is 72.5 Å². The molecule has 2 fully saturated rings. The quantitative estimate of drug-likeness (QED) is 0.678. The fraction of sp³-hybridized carbons (Fsp3) is 0.625. The van der Waals surface area contributed by atoms with Crippen molar-refractivity contribution in [1.82, 2.24) is 15.5 Å². The Labute approximate surface area is 184 Å². The molecule has 0 radical (unpaired) electrons. The number of nitrogens with zero attached hydrogens (tertiary/aromatic N) is 1. The third-order valence-corrected chi connectivity index (χ3v) is 6.12. The molecule has 0 spiro atoms. The zero-order valence-corrected chi connectivity index (χ0v) is 19.3. The number of nitrogens with one attached hydrogen (secondary N) is 2. The third-order valence-electron chi connectivity index (χ3n) is 6.12. The summed E-state index contributed by atoms with van der Waals surface area (Å²) >= 11 is 0. The molecule has 1 aliphatic heterocycles. The van der Waals surface area contributed by atoms with Crippen molar-refractivity contribution in [2.75, 3.05) is 13.2 Å². The van der Waals surface area contributed by atoms with Crippen molar-refractivity contribution in [3.8, 4) is 0 Å². The number of urea groups is 1. The summed E-state index contributed by atoms with van der Waals surface area (Å²) in [7, 11) is 0. The Morgan fingerprint density at radius 1 is 1.13 bits per heavy atom. The van der Waals surface area contributed by atoms with Crippen LogP contribution in [0.1, 0.15) is 69.8 Å². The van der Waals surface area contributed by atoms with E-state index in [-0.39, 0.29) is 41.5 Å². The molecule has 0 aromatic heterocycles. The van der Waals surface area contributed by atoms with Gasteiger partial charge in [0, 0.05) is 25.2 Å². The topological polar surface area (TPSA) is 87.7 Å². The van der Waals surface area contributed by atoms with Crippen LogP contribution in [0.5, 0.6) is 0 Å². The van der Waals surface area contributed by atoms with Crippen LogP contribution in [0.4, 0.5) is 4.79 Å². The number of likely N-dealkylation sites (tertiary alicyclic amines) is 1. The van der Waals surface area contributed by atoms with Gasteiger partial charge in [0.05, 0.1) is 5.56 Å². The first kappa shape index (κ1) is 23.1. The predicted molar refractivity (Wildman–Crippen MR) is 118 cm³/mol. The molecule has 1 aromatic rings. The third kappa shape index (κ3) is 5.99. The molecule has 0 unspecified atom stereocenters. The van der Waals surface area contributed by atoms with E-state index in [9.17, 15) is 14.4 Å². The second-order valence-corrected chi connectivity index (χ2v) is 10.5. The van der Waals surface area contributed by atoms with Crippen LogP contribution in [-0.2, 0) is 16.1 Å². The Morgan fingerprint density at radius 3 is 2.45 bits per heavy atom. The molecule has 2 bridgehead atoms. The van der Waals surface area contributed by atoms with Crippen molar-refractivity contribution in [3.05, 3.63) is 35.4 Å². The smallest absolute Gasteiger partial charge is 0.338 e. The highest BCUT2D eigenvalue weighted by Crippen LogP contribution is 2.52. The lowest BCUT2D eigenvalue weighted by Gasteiger charge is -2.39. The first-order chi connectivity index (χ1) is 14.5. The minimum Gasteiger partial charge on any atom is -0.452 e. The highest BCUT2D eigenvalue weighted by Gasteiger charge is 2.50. The molecule has 7 heteroatoms. The second-order valence-electron chi connectivity index (χ2n) is 10.5. The number of rotatable bonds is 6. The van der Waals surface area contributed by atoms with Crippen LogP contribution in [-0.4, -0.2) is 48.0 Å². The van der Waals surface area contributed by atoms with E-state index in [2.05, 4.69) is 31.4 Å². The molecule has 1 aromatic carbocycles. The van der Waals surface area contributed by atoms with E-state index in [4.69, 9.17) is 4.74 Å². The van der Waals surface area contributed by atoms with E-state index >= 15 is 0 Å². The molecule has 2 aliphatic rings. The van der Waals surface area contributed by atoms with Crippen molar-refractivity contribution >= 4 is 17.9 Å². The van der Waals surface area contributed by atoms with Crippen LogP contribution in [0.3, 0.4) is 0 Å². The average molecular weight is 430 g/mol. The number of benzene rings is 1. The number of hydrogen-bond acceptors (Lipinski definition) is 4. The summed E-state index contributed by atoms with van der Waals surface area (Å²) < 4.78 is 5.31. The van der Waals surface area contributed by atoms with Gasteiger partial charge < -0.3 is 20.3 Å². The van der Waals surface area contributed by atoms with Crippen LogP contribution in [0.25, 0.3) is 0 Å². The number of fused-ring (bicyclic) bond motifs is 2. The zero-order chi connectivity index (χ0) is 22.8. The van der Waals surface area contributed by atoms with E-state index in [1.165, 1.54) is 0 Å². The molecule has 1 aliphatic carbocycles. The van der Waals surface area contributed by atoms with Crippen LogP contribution in [0, 0.1) is 10.8 Å². The molecule has 3 rings (SSSR count). The number of esters is 1. The van der Waals surface area contributed by atoms with Gasteiger partial charge in [-0.15, -0.1) is 0 Å². The van der Waals surface area contributed by atoms with E-state index in [1.807, 2.05) is 18.7 Å². The van der Waals surface area contributed by atoms with Gasteiger partial charge in [-0.1, -0.05) is 32.9 Å². The Kier molecular flexibility index (Phi) is 6.62. The standard InChI is InChI=1S/C24H35N3O4/c1-16(2)26-22(30)25-12-17-6-8-18(9-7-17)21(29)31-13-20(28)27-15-24(5)11-19(27)10-23(3,4)14-24/h6-9,16,19H,10-15H2,1-5H3,(H2,25,26,30)/t19-,24-/m0/s1. The molecule has 2 atom stereocenters. The lowest BCUT2D eigenvalue weighted by atomic mass is 9.65. The second kappa shape index (κ2) is 8.89. The molecule has 31 heavy (non-hydrogen) atoms. The summed E-state index contributed by atoms with van der Waals surface area (Å²) in [6.07, 6.45) is 3.13. The van der Waals surface area contributed by atoms with E-state index in [0.717, 1.165) is 31.4 Å². The number of hydrogen-bond donors (Lipinski definition) is 2. The summed E-state index contributed by atoms with van der Waals surface area (Å²) in [6, 6.07) is 6.89. The Balaban J connectivity index is 1.48. The minimum atomic E-state index is -0.515. The van der Waals surface area contributed by atoms with Crippen LogP contribution in [0.2, 0.25) is 0 Å². The fourth-order valence-corrected chi connectivity index (χ4v) is 5.30. The van der Waals surface area contributed by atoms with Gasteiger partial charge in [-0.3, -0.25) is 4.79 Å². The van der Waals surface area contributed by atoms with E-state index in [0.29, 0.717) is 12.1 Å². The summed E-state index contributed by atoms with van der Waals surface area (Å²) in [6.45, 7) is 11.4. The number of amides is 3. The maximum atomic E-state index is 12.8. The number of carbonyl (C=O) groups excluding carboxylic acids is 3. The predicted octanol–water partition coefficient (Wildman–Crippen LogP) is 3.48. The summed E-state index contributed by atoms with van der Waals surface area (Å²) in [4.78, 5) is 38.7. The molecule has 1 heterocycles. The minimum absolute atomic E-state index is 0.0642. The highest BCUT2D eigenvalue weighted by atomic mass is 16.5. The molecular weight excluding hydrogens is 394 g/mol. The monoisotopic (exact) mass is 429 g/mol. The molecule has 1 saturated carbocycles. The summed E-state index contributed by atoms with van der Waals surface area (Å²) in [5.41, 5.74) is 1.64. The maximum Gasteiger partial charge on any atom is 0.338 e. The molecule has 2 N–H and O–H groups in total. The highest BCUT2D eigenvalue weighted by molar-refractivity contribution is 5.91. The van der Waals surface area contributed by atoms with Crippen LogP contribution < -0.4 is 10.6 Å². The van der Waals surface area contributed by atoms with Gasteiger partial charge in [0.15, 0.2) is 6.61 Å². The molecule has 7 nitrogen and oxygen atoms in total. The fourth-order valence-electron chi connectivity index (χ4n) is 5.30. The first-order valence-corrected chi connectivity index (χ1v) is 11.1. The van der Waals surface area contributed by atoms with Gasteiger partial charge >= 0.3 is 12.0 Å². The molecular formula is C24H35N3O4. The van der Waals surface area contributed by atoms with Crippen LogP contribution >= 0.6 is 0 Å². The van der Waals surface area contributed by atoms with E-state index < -0.39 is 5.97 Å². The van der Waals surface area contributed by atoms with Crippen molar-refractivity contribution in [2.24, 2.45) is 10.8 Å². The van der Waals surface area contributed by atoms with Crippen LogP contribution in [0.15, 0.2) is 24.3 Å². The van der Waals surface area contributed by atoms with Gasteiger partial charge in [0.1, 0.15) is 0 Å². The van der Waals surface area contributed by atoms with Crippen molar-refractivity contribution < 1.29 is 19.1 Å². The Morgan fingerprint density at radius 2 is 1.81 bits per heavy atom. The molecule has 3 amide bonds. The number of ether oxygens (including phenoxy) is 1. The van der Waals surface area contributed by atoms with Crippen molar-refractivity contribution in [3.63, 3.8) is 0 Å². The van der Waals surface area contributed by atoms with E-state index in [1.54, 1.807) is 24.3 Å². The summed E-state index contributed by atoms with van der Waals surface area (Å²) in [5.74, 6) is -0.629. The molecule has 1 saturated heterocycles. The van der Waals surface area contributed by atoms with Gasteiger partial charge in [-0.25, -0.2) is 9.59 Å². The lowest BCUT2D eigenvalue weighted by Crippen LogP contribution is -2.39.